The Labute approximate surface area is 107 Å². The van der Waals surface area contributed by atoms with Gasteiger partial charge in [0.25, 0.3) is 5.56 Å². The molecule has 1 saturated carbocycles. The smallest absolute Gasteiger partial charge is 0.293 e. The molecule has 0 spiro atoms. The van der Waals surface area contributed by atoms with Gasteiger partial charge in [-0.15, -0.1) is 0 Å². The second kappa shape index (κ2) is 4.72. The minimum absolute atomic E-state index is 0.0861. The van der Waals surface area contributed by atoms with E-state index in [2.05, 4.69) is 15.2 Å². The summed E-state index contributed by atoms with van der Waals surface area (Å²) in [7, 11) is 1.96. The Morgan fingerprint density at radius 2 is 2.28 bits per heavy atom. The van der Waals surface area contributed by atoms with Crippen molar-refractivity contribution < 1.29 is 0 Å². The van der Waals surface area contributed by atoms with E-state index in [0.29, 0.717) is 17.9 Å². The third-order valence-electron chi connectivity index (χ3n) is 3.88. The predicted octanol–water partition coefficient (Wildman–Crippen LogP) is 0.766. The highest BCUT2D eigenvalue weighted by atomic mass is 16.1. The lowest BCUT2D eigenvalue weighted by Gasteiger charge is -2.25. The zero-order valence-electron chi connectivity index (χ0n) is 10.8. The number of nitrogens with zero attached hydrogens (tertiary/aromatic N) is 3. The number of hydrogen-bond donors (Lipinski definition) is 1. The molecular weight excluding hydrogens is 228 g/mol. The SMILES string of the molecule is CNCC1CCCN1c1nccn(C2CC2)c1=O. The average molecular weight is 248 g/mol. The highest BCUT2D eigenvalue weighted by molar-refractivity contribution is 5.39. The summed E-state index contributed by atoms with van der Waals surface area (Å²) < 4.78 is 1.86. The zero-order valence-corrected chi connectivity index (χ0v) is 10.8. The van der Waals surface area contributed by atoms with E-state index in [9.17, 15) is 4.79 Å². The van der Waals surface area contributed by atoms with E-state index >= 15 is 0 Å². The van der Waals surface area contributed by atoms with Gasteiger partial charge in [0, 0.05) is 37.6 Å². The molecule has 2 aliphatic rings. The highest BCUT2D eigenvalue weighted by Crippen LogP contribution is 2.33. The second-order valence-electron chi connectivity index (χ2n) is 5.24. The van der Waals surface area contributed by atoms with Gasteiger partial charge in [0.1, 0.15) is 0 Å². The summed E-state index contributed by atoms with van der Waals surface area (Å²) >= 11 is 0. The quantitative estimate of drug-likeness (QED) is 0.855. The molecule has 5 heteroatoms. The van der Waals surface area contributed by atoms with Gasteiger partial charge in [-0.2, -0.15) is 0 Å². The molecule has 5 nitrogen and oxygen atoms in total. The van der Waals surface area contributed by atoms with Crippen LogP contribution in [0.1, 0.15) is 31.7 Å². The molecule has 2 heterocycles. The summed E-state index contributed by atoms with van der Waals surface area (Å²) in [4.78, 5) is 18.9. The monoisotopic (exact) mass is 248 g/mol. The number of likely N-dealkylation sites (N-methyl/N-ethyl adjacent to an activating group) is 1. The zero-order chi connectivity index (χ0) is 12.5. The van der Waals surface area contributed by atoms with E-state index in [0.717, 1.165) is 38.8 Å². The van der Waals surface area contributed by atoms with Gasteiger partial charge in [-0.1, -0.05) is 0 Å². The molecule has 1 aliphatic carbocycles. The van der Waals surface area contributed by atoms with E-state index in [1.165, 1.54) is 0 Å². The highest BCUT2D eigenvalue weighted by Gasteiger charge is 2.30. The standard InChI is InChI=1S/C13H20N4O/c1-14-9-11-3-2-7-16(11)12-13(18)17(8-6-15-12)10-4-5-10/h6,8,10-11,14H,2-5,7,9H2,1H3. The number of nitrogens with one attached hydrogen (secondary N) is 1. The van der Waals surface area contributed by atoms with Crippen LogP contribution >= 0.6 is 0 Å². The van der Waals surface area contributed by atoms with Crippen LogP contribution in [0.4, 0.5) is 5.82 Å². The van der Waals surface area contributed by atoms with Gasteiger partial charge in [0.15, 0.2) is 5.82 Å². The number of hydrogen-bond acceptors (Lipinski definition) is 4. The van der Waals surface area contributed by atoms with E-state index in [1.807, 2.05) is 17.8 Å². The van der Waals surface area contributed by atoms with E-state index < -0.39 is 0 Å². The molecule has 1 N–H and O–H groups in total. The van der Waals surface area contributed by atoms with Crippen molar-refractivity contribution in [3.05, 3.63) is 22.7 Å². The molecule has 0 radical (unpaired) electrons. The van der Waals surface area contributed by atoms with Crippen molar-refractivity contribution in [1.82, 2.24) is 14.9 Å². The molecule has 1 saturated heterocycles. The molecule has 98 valence electrons. The molecule has 1 unspecified atom stereocenters. The van der Waals surface area contributed by atoms with Gasteiger partial charge in [-0.25, -0.2) is 4.98 Å². The van der Waals surface area contributed by atoms with E-state index in [1.54, 1.807) is 6.20 Å². The van der Waals surface area contributed by atoms with Crippen molar-refractivity contribution in [1.29, 1.82) is 0 Å². The van der Waals surface area contributed by atoms with Crippen LogP contribution in [0.3, 0.4) is 0 Å². The Morgan fingerprint density at radius 3 is 3.00 bits per heavy atom. The number of rotatable bonds is 4. The summed E-state index contributed by atoms with van der Waals surface area (Å²) in [5.41, 5.74) is 0.0861. The molecule has 1 aliphatic heterocycles. The third-order valence-corrected chi connectivity index (χ3v) is 3.88. The maximum absolute atomic E-state index is 12.4. The molecular formula is C13H20N4O. The first-order chi connectivity index (χ1) is 8.81. The normalized spacial score (nSPS) is 23.6. The van der Waals surface area contributed by atoms with Gasteiger partial charge >= 0.3 is 0 Å². The van der Waals surface area contributed by atoms with Gasteiger partial charge in [-0.05, 0) is 32.7 Å². The van der Waals surface area contributed by atoms with Crippen LogP contribution < -0.4 is 15.8 Å². The van der Waals surface area contributed by atoms with Crippen LogP contribution in [0.25, 0.3) is 0 Å². The van der Waals surface area contributed by atoms with E-state index in [4.69, 9.17) is 0 Å². The lowest BCUT2D eigenvalue weighted by molar-refractivity contribution is 0.603. The number of anilines is 1. The molecule has 0 bridgehead atoms. The Kier molecular flexibility index (Phi) is 3.07. The molecule has 1 atom stereocenters. The van der Waals surface area contributed by atoms with Crippen LogP contribution in [0, 0.1) is 0 Å². The van der Waals surface area contributed by atoms with Crippen LogP contribution in [-0.2, 0) is 0 Å². The average Bonchev–Trinajstić information content (AvgIpc) is 3.11. The van der Waals surface area contributed by atoms with Crippen molar-refractivity contribution in [3.8, 4) is 0 Å². The van der Waals surface area contributed by atoms with Crippen LogP contribution in [0.5, 0.6) is 0 Å². The van der Waals surface area contributed by atoms with Gasteiger partial charge in [0.2, 0.25) is 0 Å². The summed E-state index contributed by atoms with van der Waals surface area (Å²) in [5, 5.41) is 3.20. The Bertz CT molecular complexity index is 480. The van der Waals surface area contributed by atoms with E-state index in [-0.39, 0.29) is 5.56 Å². The molecule has 1 aromatic rings. The fourth-order valence-corrected chi connectivity index (χ4v) is 2.81. The summed E-state index contributed by atoms with van der Waals surface area (Å²) in [6.07, 6.45) is 8.13. The molecule has 0 aromatic carbocycles. The molecule has 1 aromatic heterocycles. The Hall–Kier alpha value is -1.36. The Balaban J connectivity index is 1.91. The first-order valence-corrected chi connectivity index (χ1v) is 6.79. The summed E-state index contributed by atoms with van der Waals surface area (Å²) in [6, 6.07) is 0.829. The molecule has 18 heavy (non-hydrogen) atoms. The van der Waals surface area contributed by atoms with Gasteiger partial charge < -0.3 is 14.8 Å². The van der Waals surface area contributed by atoms with Crippen LogP contribution in [-0.4, -0.2) is 35.7 Å². The van der Waals surface area contributed by atoms with Crippen LogP contribution in [0.2, 0.25) is 0 Å². The number of aromatic nitrogens is 2. The Morgan fingerprint density at radius 1 is 1.44 bits per heavy atom. The van der Waals surface area contributed by atoms with Gasteiger partial charge in [0.05, 0.1) is 0 Å². The predicted molar refractivity (Wildman–Crippen MR) is 71.1 cm³/mol. The molecule has 0 amide bonds. The molecule has 2 fully saturated rings. The van der Waals surface area contributed by atoms with Crippen molar-refractivity contribution in [2.45, 2.75) is 37.8 Å². The van der Waals surface area contributed by atoms with Crippen molar-refractivity contribution >= 4 is 5.82 Å². The minimum atomic E-state index is 0.0861. The summed E-state index contributed by atoms with van der Waals surface area (Å²) in [6.45, 7) is 1.86. The van der Waals surface area contributed by atoms with Crippen molar-refractivity contribution in [2.75, 3.05) is 25.0 Å². The summed E-state index contributed by atoms with van der Waals surface area (Å²) in [5.74, 6) is 0.641. The second-order valence-corrected chi connectivity index (χ2v) is 5.24. The van der Waals surface area contributed by atoms with Crippen LogP contribution in [0.15, 0.2) is 17.2 Å². The van der Waals surface area contributed by atoms with Gasteiger partial charge in [-0.3, -0.25) is 4.79 Å². The van der Waals surface area contributed by atoms with Crippen molar-refractivity contribution in [2.24, 2.45) is 0 Å². The first-order valence-electron chi connectivity index (χ1n) is 6.79. The topological polar surface area (TPSA) is 50.2 Å². The lowest BCUT2D eigenvalue weighted by atomic mass is 10.2. The largest absolute Gasteiger partial charge is 0.348 e. The maximum Gasteiger partial charge on any atom is 0.293 e. The molecule has 3 rings (SSSR count). The fourth-order valence-electron chi connectivity index (χ4n) is 2.81. The fraction of sp³-hybridized carbons (Fsp3) is 0.692. The minimum Gasteiger partial charge on any atom is -0.348 e. The maximum atomic E-state index is 12.4. The lowest BCUT2D eigenvalue weighted by Crippen LogP contribution is -2.41. The first kappa shape index (κ1) is 11.7. The van der Waals surface area contributed by atoms with Crippen molar-refractivity contribution in [3.63, 3.8) is 0 Å². The third kappa shape index (κ3) is 2.03.